The first-order valence-corrected chi connectivity index (χ1v) is 6.69. The third kappa shape index (κ3) is 2.30. The molecule has 1 aromatic heterocycles. The molecule has 1 amide bonds. The molecule has 0 bridgehead atoms. The fraction of sp³-hybridized carbons (Fsp3) is 0.0833. The first-order chi connectivity index (χ1) is 9.15. The second-order valence-electron chi connectivity index (χ2n) is 3.97. The van der Waals surface area contributed by atoms with E-state index in [1.807, 2.05) is 0 Å². The molecule has 1 aliphatic heterocycles. The summed E-state index contributed by atoms with van der Waals surface area (Å²) in [5.41, 5.74) is 7.17. The van der Waals surface area contributed by atoms with Gasteiger partial charge in [-0.1, -0.05) is 11.6 Å². The maximum atomic E-state index is 11.5. The zero-order chi connectivity index (χ0) is 13.4. The van der Waals surface area contributed by atoms with E-state index >= 15 is 0 Å². The number of carbonyl (C=O) groups is 1. The summed E-state index contributed by atoms with van der Waals surface area (Å²) in [5, 5.41) is 3.85. The van der Waals surface area contributed by atoms with Crippen molar-refractivity contribution in [2.75, 3.05) is 5.32 Å². The Balaban J connectivity index is 1.97. The molecule has 3 rings (SSSR count). The molecule has 0 radical (unpaired) electrons. The molecule has 0 aliphatic carbocycles. The number of rotatable bonds is 2. The quantitative estimate of drug-likeness (QED) is 0.830. The number of amides is 1. The molecule has 1 unspecified atom stereocenters. The van der Waals surface area contributed by atoms with E-state index in [9.17, 15) is 4.79 Å². The van der Waals surface area contributed by atoms with E-state index in [4.69, 9.17) is 17.3 Å². The lowest BCUT2D eigenvalue weighted by atomic mass is 10.1. The van der Waals surface area contributed by atoms with Crippen molar-refractivity contribution in [2.45, 2.75) is 16.1 Å². The van der Waals surface area contributed by atoms with Crippen molar-refractivity contribution in [3.8, 4) is 0 Å². The monoisotopic (exact) mass is 292 g/mol. The van der Waals surface area contributed by atoms with E-state index in [0.29, 0.717) is 21.4 Å². The van der Waals surface area contributed by atoms with E-state index in [-0.39, 0.29) is 5.91 Å². The Labute approximate surface area is 118 Å². The van der Waals surface area contributed by atoms with E-state index in [2.05, 4.69) is 15.3 Å². The van der Waals surface area contributed by atoms with Crippen molar-refractivity contribution in [1.29, 1.82) is 0 Å². The standard InChI is InChI=1S/C12H9ClN4OS/c13-7-4-6-8(17-11(18)10(6)14)5-9(7)19-12-15-2-1-3-16-12/h1-5,10H,14H2,(H,17,18). The van der Waals surface area contributed by atoms with Gasteiger partial charge >= 0.3 is 0 Å². The summed E-state index contributed by atoms with van der Waals surface area (Å²) in [6, 6.07) is 4.60. The van der Waals surface area contributed by atoms with Gasteiger partial charge in [0.1, 0.15) is 6.04 Å². The highest BCUT2D eigenvalue weighted by Gasteiger charge is 2.28. The zero-order valence-electron chi connectivity index (χ0n) is 9.63. The Morgan fingerprint density at radius 3 is 2.79 bits per heavy atom. The van der Waals surface area contributed by atoms with Crippen molar-refractivity contribution in [1.82, 2.24) is 9.97 Å². The van der Waals surface area contributed by atoms with E-state index < -0.39 is 6.04 Å². The summed E-state index contributed by atoms with van der Waals surface area (Å²) in [6.45, 7) is 0. The summed E-state index contributed by atoms with van der Waals surface area (Å²) in [4.78, 5) is 20.5. The minimum absolute atomic E-state index is 0.218. The molecular formula is C12H9ClN4OS. The first-order valence-electron chi connectivity index (χ1n) is 5.50. The predicted octanol–water partition coefficient (Wildman–Crippen LogP) is 2.23. The van der Waals surface area contributed by atoms with Gasteiger partial charge in [-0.05, 0) is 30.0 Å². The van der Waals surface area contributed by atoms with Crippen LogP contribution in [0.15, 0.2) is 40.6 Å². The Hall–Kier alpha value is -1.63. The molecule has 2 aromatic rings. The van der Waals surface area contributed by atoms with Crippen LogP contribution < -0.4 is 11.1 Å². The summed E-state index contributed by atoms with van der Waals surface area (Å²) in [5.74, 6) is -0.218. The second-order valence-corrected chi connectivity index (χ2v) is 5.39. The van der Waals surface area contributed by atoms with Gasteiger partial charge in [0.2, 0.25) is 5.91 Å². The predicted molar refractivity (Wildman–Crippen MR) is 73.2 cm³/mol. The Bertz CT molecular complexity index is 650. The number of nitrogens with one attached hydrogen (secondary N) is 1. The molecule has 96 valence electrons. The average molecular weight is 293 g/mol. The van der Waals surface area contributed by atoms with Crippen molar-refractivity contribution < 1.29 is 4.79 Å². The van der Waals surface area contributed by atoms with E-state index in [1.54, 1.807) is 30.6 Å². The molecule has 1 aromatic carbocycles. The Morgan fingerprint density at radius 1 is 1.32 bits per heavy atom. The lowest BCUT2D eigenvalue weighted by Gasteiger charge is -2.07. The number of hydrogen-bond donors (Lipinski definition) is 2. The van der Waals surface area contributed by atoms with Crippen LogP contribution in [-0.4, -0.2) is 15.9 Å². The van der Waals surface area contributed by atoms with Gasteiger partial charge in [-0.25, -0.2) is 9.97 Å². The van der Waals surface area contributed by atoms with Gasteiger partial charge in [-0.15, -0.1) is 0 Å². The summed E-state index contributed by atoms with van der Waals surface area (Å²) in [7, 11) is 0. The number of carbonyl (C=O) groups excluding carboxylic acids is 1. The first kappa shape index (κ1) is 12.4. The molecule has 3 N–H and O–H groups in total. The highest BCUT2D eigenvalue weighted by Crippen LogP contribution is 2.39. The number of hydrogen-bond acceptors (Lipinski definition) is 5. The highest BCUT2D eigenvalue weighted by atomic mass is 35.5. The molecule has 0 saturated carbocycles. The van der Waals surface area contributed by atoms with Crippen LogP contribution >= 0.6 is 23.4 Å². The fourth-order valence-electron chi connectivity index (χ4n) is 1.80. The van der Waals surface area contributed by atoms with Gasteiger partial charge in [0.05, 0.1) is 5.02 Å². The molecule has 0 fully saturated rings. The minimum atomic E-state index is -0.653. The van der Waals surface area contributed by atoms with Crippen LogP contribution in [0.3, 0.4) is 0 Å². The minimum Gasteiger partial charge on any atom is -0.324 e. The van der Waals surface area contributed by atoms with Crippen molar-refractivity contribution >= 4 is 35.0 Å². The lowest BCUT2D eigenvalue weighted by molar-refractivity contribution is -0.116. The number of aromatic nitrogens is 2. The third-order valence-corrected chi connectivity index (χ3v) is 4.10. The molecule has 19 heavy (non-hydrogen) atoms. The number of nitrogens with two attached hydrogens (primary N) is 1. The van der Waals surface area contributed by atoms with Crippen molar-refractivity contribution in [3.63, 3.8) is 0 Å². The van der Waals surface area contributed by atoms with Crippen LogP contribution in [0.2, 0.25) is 5.02 Å². The second kappa shape index (κ2) is 4.80. The number of nitrogens with zero attached hydrogens (tertiary/aromatic N) is 2. The van der Waals surface area contributed by atoms with Crippen LogP contribution in [0.4, 0.5) is 5.69 Å². The Kier molecular flexibility index (Phi) is 3.14. The summed E-state index contributed by atoms with van der Waals surface area (Å²) < 4.78 is 0. The van der Waals surface area contributed by atoms with Crippen LogP contribution in [0.1, 0.15) is 11.6 Å². The molecule has 7 heteroatoms. The lowest BCUT2D eigenvalue weighted by Crippen LogP contribution is -2.19. The van der Waals surface area contributed by atoms with Gasteiger partial charge in [-0.2, -0.15) is 0 Å². The molecule has 1 aliphatic rings. The van der Waals surface area contributed by atoms with Crippen molar-refractivity contribution in [3.05, 3.63) is 41.2 Å². The zero-order valence-corrected chi connectivity index (χ0v) is 11.2. The molecule has 2 heterocycles. The number of anilines is 1. The van der Waals surface area contributed by atoms with Crippen LogP contribution in [-0.2, 0) is 4.79 Å². The van der Waals surface area contributed by atoms with Gasteiger partial charge in [0.25, 0.3) is 0 Å². The largest absolute Gasteiger partial charge is 0.324 e. The van der Waals surface area contributed by atoms with Crippen LogP contribution in [0.5, 0.6) is 0 Å². The van der Waals surface area contributed by atoms with E-state index in [0.717, 1.165) is 4.90 Å². The number of fused-ring (bicyclic) bond motifs is 1. The van der Waals surface area contributed by atoms with E-state index in [1.165, 1.54) is 11.8 Å². The van der Waals surface area contributed by atoms with Gasteiger partial charge in [0.15, 0.2) is 5.16 Å². The third-order valence-electron chi connectivity index (χ3n) is 2.72. The number of halogens is 1. The highest BCUT2D eigenvalue weighted by molar-refractivity contribution is 7.99. The summed E-state index contributed by atoms with van der Waals surface area (Å²) >= 11 is 7.54. The van der Waals surface area contributed by atoms with Crippen LogP contribution in [0.25, 0.3) is 0 Å². The fourth-order valence-corrected chi connectivity index (χ4v) is 2.85. The van der Waals surface area contributed by atoms with Crippen molar-refractivity contribution in [2.24, 2.45) is 5.73 Å². The normalized spacial score (nSPS) is 17.2. The molecular weight excluding hydrogens is 284 g/mol. The van der Waals surface area contributed by atoms with Crippen LogP contribution in [0, 0.1) is 0 Å². The average Bonchev–Trinajstić information content (AvgIpc) is 2.67. The van der Waals surface area contributed by atoms with Gasteiger partial charge < -0.3 is 11.1 Å². The van der Waals surface area contributed by atoms with Gasteiger partial charge in [-0.3, -0.25) is 4.79 Å². The molecule has 0 saturated heterocycles. The maximum Gasteiger partial charge on any atom is 0.245 e. The Morgan fingerprint density at radius 2 is 2.05 bits per heavy atom. The topological polar surface area (TPSA) is 80.9 Å². The summed E-state index contributed by atoms with van der Waals surface area (Å²) in [6.07, 6.45) is 3.32. The molecule has 5 nitrogen and oxygen atoms in total. The molecule has 0 spiro atoms. The smallest absolute Gasteiger partial charge is 0.245 e. The SMILES string of the molecule is NC1C(=O)Nc2cc(Sc3ncccn3)c(Cl)cc21. The van der Waals surface area contributed by atoms with Gasteiger partial charge in [0, 0.05) is 28.5 Å². The maximum absolute atomic E-state index is 11.5. The number of benzene rings is 1. The molecule has 1 atom stereocenters.